The van der Waals surface area contributed by atoms with Crippen molar-refractivity contribution in [3.05, 3.63) is 27.7 Å². The fourth-order valence-electron chi connectivity index (χ4n) is 1.14. The summed E-state index contributed by atoms with van der Waals surface area (Å²) in [6.45, 7) is 0.447. The molecule has 18 heavy (non-hydrogen) atoms. The minimum absolute atomic E-state index is 0.0864. The Morgan fingerprint density at radius 2 is 2.11 bits per heavy atom. The maximum atomic E-state index is 11.8. The maximum absolute atomic E-state index is 11.8. The highest BCUT2D eigenvalue weighted by atomic mass is 79.9. The molecule has 1 aromatic rings. The average molecular weight is 359 g/mol. The Hall–Kier alpha value is -0.180. The molecular formula is C10H13BrClNO4S. The Labute approximate surface area is 119 Å². The number of aliphatic hydroxyl groups excluding tert-OH is 1. The fraction of sp³-hybridized carbons (Fsp3) is 0.400. The fourth-order valence-corrected chi connectivity index (χ4v) is 2.83. The summed E-state index contributed by atoms with van der Waals surface area (Å²) in [7, 11) is -3.57. The van der Waals surface area contributed by atoms with Gasteiger partial charge < -0.3 is 9.84 Å². The highest BCUT2D eigenvalue weighted by Gasteiger charge is 2.14. The van der Waals surface area contributed by atoms with Crippen LogP contribution in [0.1, 0.15) is 0 Å². The van der Waals surface area contributed by atoms with Gasteiger partial charge in [-0.15, -0.1) is 0 Å². The maximum Gasteiger partial charge on any atom is 0.240 e. The second-order valence-electron chi connectivity index (χ2n) is 3.31. The van der Waals surface area contributed by atoms with Crippen LogP contribution < -0.4 is 4.72 Å². The number of sulfonamides is 1. The molecule has 0 heterocycles. The summed E-state index contributed by atoms with van der Waals surface area (Å²) in [5.41, 5.74) is 0. The smallest absolute Gasteiger partial charge is 0.240 e. The van der Waals surface area contributed by atoms with E-state index in [9.17, 15) is 8.42 Å². The Morgan fingerprint density at radius 1 is 1.39 bits per heavy atom. The van der Waals surface area contributed by atoms with Crippen LogP contribution in [0.25, 0.3) is 0 Å². The Morgan fingerprint density at radius 3 is 2.72 bits per heavy atom. The van der Waals surface area contributed by atoms with Gasteiger partial charge in [0.1, 0.15) is 0 Å². The van der Waals surface area contributed by atoms with E-state index in [1.54, 1.807) is 0 Å². The first kappa shape index (κ1) is 15.9. The molecule has 0 saturated heterocycles. The molecule has 0 aliphatic rings. The van der Waals surface area contributed by atoms with Gasteiger partial charge in [-0.25, -0.2) is 13.1 Å². The van der Waals surface area contributed by atoms with Gasteiger partial charge in [-0.2, -0.15) is 0 Å². The minimum atomic E-state index is -3.57. The molecule has 0 fully saturated rings. The number of hydrogen-bond acceptors (Lipinski definition) is 4. The lowest BCUT2D eigenvalue weighted by Gasteiger charge is -2.07. The lowest BCUT2D eigenvalue weighted by molar-refractivity contribution is 0.0961. The van der Waals surface area contributed by atoms with Crippen LogP contribution in [0.5, 0.6) is 0 Å². The van der Waals surface area contributed by atoms with Gasteiger partial charge in [-0.3, -0.25) is 0 Å². The summed E-state index contributed by atoms with van der Waals surface area (Å²) >= 11 is 8.95. The number of nitrogens with one attached hydrogen (secondary N) is 1. The highest BCUT2D eigenvalue weighted by Crippen LogP contribution is 2.25. The molecule has 8 heteroatoms. The number of halogens is 2. The molecule has 0 unspecified atom stereocenters. The molecule has 0 spiro atoms. The van der Waals surface area contributed by atoms with E-state index in [0.717, 1.165) is 0 Å². The van der Waals surface area contributed by atoms with E-state index in [0.29, 0.717) is 9.50 Å². The van der Waals surface area contributed by atoms with Crippen molar-refractivity contribution in [3.8, 4) is 0 Å². The van der Waals surface area contributed by atoms with E-state index < -0.39 is 10.0 Å². The van der Waals surface area contributed by atoms with E-state index >= 15 is 0 Å². The highest BCUT2D eigenvalue weighted by molar-refractivity contribution is 9.10. The third kappa shape index (κ3) is 4.83. The largest absolute Gasteiger partial charge is 0.394 e. The molecule has 0 atom stereocenters. The van der Waals surface area contributed by atoms with Crippen molar-refractivity contribution >= 4 is 37.6 Å². The number of rotatable bonds is 7. The third-order valence-electron chi connectivity index (χ3n) is 1.98. The van der Waals surface area contributed by atoms with Gasteiger partial charge in [0.15, 0.2) is 0 Å². The Balaban J connectivity index is 2.60. The van der Waals surface area contributed by atoms with Crippen LogP contribution in [0.2, 0.25) is 5.02 Å². The molecule has 1 rings (SSSR count). The molecular weight excluding hydrogens is 346 g/mol. The molecule has 102 valence electrons. The van der Waals surface area contributed by atoms with Crippen LogP contribution in [-0.2, 0) is 14.8 Å². The minimum Gasteiger partial charge on any atom is -0.394 e. The number of aliphatic hydroxyl groups is 1. The summed E-state index contributed by atoms with van der Waals surface area (Å²) in [4.78, 5) is 0.126. The van der Waals surface area contributed by atoms with Gasteiger partial charge in [0, 0.05) is 11.0 Å². The SMILES string of the molecule is O=S(=O)(NCCOCCO)c1ccc(Cl)c(Br)c1. The molecule has 2 N–H and O–H groups in total. The van der Waals surface area contributed by atoms with E-state index in [-0.39, 0.29) is 31.3 Å². The third-order valence-corrected chi connectivity index (χ3v) is 4.65. The van der Waals surface area contributed by atoms with Crippen molar-refractivity contribution in [2.45, 2.75) is 4.90 Å². The normalized spacial score (nSPS) is 11.7. The summed E-state index contributed by atoms with van der Waals surface area (Å²) in [5, 5.41) is 8.92. The van der Waals surface area contributed by atoms with Gasteiger partial charge in [0.25, 0.3) is 0 Å². The summed E-state index contributed by atoms with van der Waals surface area (Å²) in [6, 6.07) is 4.35. The number of ether oxygens (including phenoxy) is 1. The average Bonchev–Trinajstić information content (AvgIpc) is 2.32. The van der Waals surface area contributed by atoms with Crippen molar-refractivity contribution in [3.63, 3.8) is 0 Å². The van der Waals surface area contributed by atoms with E-state index in [1.165, 1.54) is 18.2 Å². The Bertz CT molecular complexity index is 495. The van der Waals surface area contributed by atoms with Gasteiger partial charge in [-0.1, -0.05) is 11.6 Å². The molecule has 5 nitrogen and oxygen atoms in total. The zero-order chi connectivity index (χ0) is 13.6. The van der Waals surface area contributed by atoms with Crippen LogP contribution in [0, 0.1) is 0 Å². The molecule has 0 radical (unpaired) electrons. The molecule has 1 aromatic carbocycles. The van der Waals surface area contributed by atoms with Crippen LogP contribution in [0.15, 0.2) is 27.6 Å². The van der Waals surface area contributed by atoms with Crippen LogP contribution in [-0.4, -0.2) is 39.9 Å². The predicted octanol–water partition coefficient (Wildman–Crippen LogP) is 1.39. The van der Waals surface area contributed by atoms with Crippen molar-refractivity contribution < 1.29 is 18.3 Å². The van der Waals surface area contributed by atoms with Gasteiger partial charge >= 0.3 is 0 Å². The molecule has 0 amide bonds. The van der Waals surface area contributed by atoms with Crippen molar-refractivity contribution in [1.82, 2.24) is 4.72 Å². The summed E-state index contributed by atoms with van der Waals surface area (Å²) in [5.74, 6) is 0. The zero-order valence-corrected chi connectivity index (χ0v) is 12.6. The van der Waals surface area contributed by atoms with Gasteiger partial charge in [-0.05, 0) is 34.1 Å². The second-order valence-corrected chi connectivity index (χ2v) is 6.34. The molecule has 0 bridgehead atoms. The first-order chi connectivity index (χ1) is 8.47. The lowest BCUT2D eigenvalue weighted by Crippen LogP contribution is -2.27. The number of hydrogen-bond donors (Lipinski definition) is 2. The molecule has 0 aromatic heterocycles. The standard InChI is InChI=1S/C10H13BrClNO4S/c11-9-7-8(1-2-10(9)12)18(15,16)13-3-5-17-6-4-14/h1-2,7,13-14H,3-6H2. The molecule has 0 aliphatic carbocycles. The quantitative estimate of drug-likeness (QED) is 0.722. The Kier molecular flexibility index (Phi) is 6.54. The van der Waals surface area contributed by atoms with Crippen LogP contribution in [0.3, 0.4) is 0 Å². The van der Waals surface area contributed by atoms with E-state index in [1.807, 2.05) is 0 Å². The van der Waals surface area contributed by atoms with E-state index in [4.69, 9.17) is 21.4 Å². The van der Waals surface area contributed by atoms with Crippen molar-refractivity contribution in [2.75, 3.05) is 26.4 Å². The van der Waals surface area contributed by atoms with Crippen LogP contribution in [0.4, 0.5) is 0 Å². The van der Waals surface area contributed by atoms with Gasteiger partial charge in [0.2, 0.25) is 10.0 Å². The summed E-state index contributed by atoms with van der Waals surface area (Å²) in [6.07, 6.45) is 0. The monoisotopic (exact) mass is 357 g/mol. The molecule has 0 saturated carbocycles. The predicted molar refractivity (Wildman–Crippen MR) is 72.2 cm³/mol. The van der Waals surface area contributed by atoms with Crippen molar-refractivity contribution in [1.29, 1.82) is 0 Å². The van der Waals surface area contributed by atoms with Crippen LogP contribution >= 0.6 is 27.5 Å². The first-order valence-electron chi connectivity index (χ1n) is 5.10. The topological polar surface area (TPSA) is 75.6 Å². The first-order valence-corrected chi connectivity index (χ1v) is 7.76. The summed E-state index contributed by atoms with van der Waals surface area (Å²) < 4.78 is 31.5. The zero-order valence-electron chi connectivity index (χ0n) is 9.40. The number of benzene rings is 1. The van der Waals surface area contributed by atoms with E-state index in [2.05, 4.69) is 20.7 Å². The van der Waals surface area contributed by atoms with Crippen molar-refractivity contribution in [2.24, 2.45) is 0 Å². The van der Waals surface area contributed by atoms with Gasteiger partial charge in [0.05, 0.1) is 29.7 Å². The lowest BCUT2D eigenvalue weighted by atomic mass is 10.4. The second kappa shape index (κ2) is 7.42. The molecule has 0 aliphatic heterocycles.